The van der Waals surface area contributed by atoms with Crippen molar-refractivity contribution in [2.45, 2.75) is 6.42 Å². The highest BCUT2D eigenvalue weighted by molar-refractivity contribution is 5.36. The Morgan fingerprint density at radius 2 is 1.83 bits per heavy atom. The first kappa shape index (κ1) is 12.4. The maximum absolute atomic E-state index is 9.00. The van der Waals surface area contributed by atoms with Gasteiger partial charge in [-0.05, 0) is 18.1 Å². The third-order valence-corrected chi connectivity index (χ3v) is 2.48. The van der Waals surface area contributed by atoms with Crippen LogP contribution in [0.4, 0.5) is 0 Å². The molecule has 0 saturated carbocycles. The van der Waals surface area contributed by atoms with Gasteiger partial charge >= 0.3 is 0 Å². The molecule has 2 rings (SSSR count). The Morgan fingerprint density at radius 3 is 2.61 bits per heavy atom. The summed E-state index contributed by atoms with van der Waals surface area (Å²) in [4.78, 5) is 4.18. The van der Waals surface area contributed by atoms with Crippen molar-refractivity contribution in [3.63, 3.8) is 0 Å². The molecule has 0 unspecified atom stereocenters. The fraction of sp³-hybridized carbons (Fsp3) is 0.214. The maximum atomic E-state index is 9.00. The Labute approximate surface area is 106 Å². The number of benzene rings is 1. The number of hydrogen-bond acceptors (Lipinski definition) is 4. The maximum Gasteiger partial charge on any atom is 0.222 e. The van der Waals surface area contributed by atoms with E-state index in [-0.39, 0.29) is 6.61 Å². The summed E-state index contributed by atoms with van der Waals surface area (Å²) in [7, 11) is 1.56. The third kappa shape index (κ3) is 2.99. The Hall–Kier alpha value is -2.07. The van der Waals surface area contributed by atoms with E-state index < -0.39 is 0 Å². The van der Waals surface area contributed by atoms with Gasteiger partial charge in [0.25, 0.3) is 0 Å². The predicted octanol–water partition coefficient (Wildman–Crippen LogP) is 2.42. The smallest absolute Gasteiger partial charge is 0.222 e. The van der Waals surface area contributed by atoms with Crippen molar-refractivity contribution in [3.8, 4) is 17.5 Å². The number of ether oxygens (including phenoxy) is 2. The number of hydrogen-bond donors (Lipinski definition) is 1. The van der Waals surface area contributed by atoms with E-state index in [1.807, 2.05) is 30.3 Å². The van der Waals surface area contributed by atoms with Gasteiger partial charge in [-0.1, -0.05) is 24.3 Å². The summed E-state index contributed by atoms with van der Waals surface area (Å²) < 4.78 is 10.7. The molecule has 0 aliphatic rings. The van der Waals surface area contributed by atoms with Crippen LogP contribution in [0.5, 0.6) is 17.5 Å². The third-order valence-electron chi connectivity index (χ3n) is 2.48. The van der Waals surface area contributed by atoms with Crippen molar-refractivity contribution in [1.29, 1.82) is 0 Å². The van der Waals surface area contributed by atoms with Gasteiger partial charge in [0.05, 0.1) is 7.11 Å². The molecule has 18 heavy (non-hydrogen) atoms. The second kappa shape index (κ2) is 6.02. The first-order chi connectivity index (χ1) is 8.83. The zero-order valence-electron chi connectivity index (χ0n) is 10.2. The number of para-hydroxylation sites is 1. The van der Waals surface area contributed by atoms with Gasteiger partial charge in [-0.15, -0.1) is 0 Å². The molecule has 94 valence electrons. The topological polar surface area (TPSA) is 51.6 Å². The van der Waals surface area contributed by atoms with Gasteiger partial charge in [0.15, 0.2) is 0 Å². The SMILES string of the molecule is COc1cccc(Oc2ccccc2CCO)n1. The number of rotatable bonds is 5. The van der Waals surface area contributed by atoms with Crippen LogP contribution in [0.25, 0.3) is 0 Å². The van der Waals surface area contributed by atoms with Crippen LogP contribution in [0.1, 0.15) is 5.56 Å². The molecule has 4 heteroatoms. The van der Waals surface area contributed by atoms with E-state index >= 15 is 0 Å². The van der Waals surface area contributed by atoms with Crippen LogP contribution in [-0.4, -0.2) is 23.8 Å². The summed E-state index contributed by atoms with van der Waals surface area (Å²) in [6, 6.07) is 12.9. The summed E-state index contributed by atoms with van der Waals surface area (Å²) in [5.74, 6) is 1.68. The van der Waals surface area contributed by atoms with Gasteiger partial charge in [-0.2, -0.15) is 4.98 Å². The number of aliphatic hydroxyl groups excluding tert-OH is 1. The van der Waals surface area contributed by atoms with Crippen LogP contribution in [0, 0.1) is 0 Å². The number of methoxy groups -OCH3 is 1. The molecule has 0 aliphatic carbocycles. The van der Waals surface area contributed by atoms with Gasteiger partial charge in [0.1, 0.15) is 5.75 Å². The van der Waals surface area contributed by atoms with Crippen LogP contribution in [0.3, 0.4) is 0 Å². The summed E-state index contributed by atoms with van der Waals surface area (Å²) >= 11 is 0. The second-order valence-corrected chi connectivity index (χ2v) is 3.70. The van der Waals surface area contributed by atoms with E-state index in [1.165, 1.54) is 0 Å². The number of pyridine rings is 1. The van der Waals surface area contributed by atoms with Gasteiger partial charge in [0.2, 0.25) is 11.8 Å². The second-order valence-electron chi connectivity index (χ2n) is 3.70. The average Bonchev–Trinajstić information content (AvgIpc) is 2.41. The highest BCUT2D eigenvalue weighted by Crippen LogP contribution is 2.25. The molecule has 0 fully saturated rings. The van der Waals surface area contributed by atoms with Crippen molar-refractivity contribution in [3.05, 3.63) is 48.0 Å². The van der Waals surface area contributed by atoms with Crippen LogP contribution >= 0.6 is 0 Å². The van der Waals surface area contributed by atoms with Crippen molar-refractivity contribution in [2.75, 3.05) is 13.7 Å². The molecule has 1 heterocycles. The van der Waals surface area contributed by atoms with E-state index in [9.17, 15) is 0 Å². The molecule has 1 N–H and O–H groups in total. The van der Waals surface area contributed by atoms with E-state index in [0.717, 1.165) is 5.56 Å². The average molecular weight is 245 g/mol. The molecule has 1 aromatic heterocycles. The molecule has 1 aromatic carbocycles. The molecule has 0 spiro atoms. The fourth-order valence-electron chi connectivity index (χ4n) is 1.61. The normalized spacial score (nSPS) is 10.1. The monoisotopic (exact) mass is 245 g/mol. The fourth-order valence-corrected chi connectivity index (χ4v) is 1.61. The zero-order valence-corrected chi connectivity index (χ0v) is 10.2. The highest BCUT2D eigenvalue weighted by atomic mass is 16.5. The Bertz CT molecular complexity index is 514. The lowest BCUT2D eigenvalue weighted by molar-refractivity contribution is 0.297. The molecule has 2 aromatic rings. The summed E-state index contributed by atoms with van der Waals surface area (Å²) in [6.45, 7) is 0.0892. The molecule has 0 bridgehead atoms. The lowest BCUT2D eigenvalue weighted by Gasteiger charge is -2.10. The van der Waals surface area contributed by atoms with Crippen molar-refractivity contribution < 1.29 is 14.6 Å². The quantitative estimate of drug-likeness (QED) is 0.879. The lowest BCUT2D eigenvalue weighted by atomic mass is 10.1. The first-order valence-electron chi connectivity index (χ1n) is 5.71. The summed E-state index contributed by atoms with van der Waals surface area (Å²) in [5, 5.41) is 9.00. The lowest BCUT2D eigenvalue weighted by Crippen LogP contribution is -1.96. The Kier molecular flexibility index (Phi) is 4.15. The molecule has 0 amide bonds. The standard InChI is InChI=1S/C14H15NO3/c1-17-13-7-4-8-14(15-13)18-12-6-3-2-5-11(12)9-10-16/h2-8,16H,9-10H2,1H3. The molecule has 0 saturated heterocycles. The van der Waals surface area contributed by atoms with Gasteiger partial charge in [-0.25, -0.2) is 0 Å². The van der Waals surface area contributed by atoms with Gasteiger partial charge in [0, 0.05) is 18.7 Å². The summed E-state index contributed by atoms with van der Waals surface area (Å²) in [5.41, 5.74) is 0.949. The van der Waals surface area contributed by atoms with E-state index in [0.29, 0.717) is 23.9 Å². The van der Waals surface area contributed by atoms with Crippen molar-refractivity contribution in [2.24, 2.45) is 0 Å². The molecule has 4 nitrogen and oxygen atoms in total. The first-order valence-corrected chi connectivity index (χ1v) is 5.71. The molecule has 0 aliphatic heterocycles. The van der Waals surface area contributed by atoms with Gasteiger partial charge in [-0.3, -0.25) is 0 Å². The van der Waals surface area contributed by atoms with Crippen molar-refractivity contribution >= 4 is 0 Å². The molecular formula is C14H15NO3. The highest BCUT2D eigenvalue weighted by Gasteiger charge is 2.05. The number of aliphatic hydroxyl groups is 1. The molecular weight excluding hydrogens is 230 g/mol. The minimum absolute atomic E-state index is 0.0892. The largest absolute Gasteiger partial charge is 0.481 e. The minimum Gasteiger partial charge on any atom is -0.481 e. The number of nitrogens with zero attached hydrogens (tertiary/aromatic N) is 1. The van der Waals surface area contributed by atoms with E-state index in [2.05, 4.69) is 4.98 Å². The van der Waals surface area contributed by atoms with E-state index in [4.69, 9.17) is 14.6 Å². The van der Waals surface area contributed by atoms with Crippen molar-refractivity contribution in [1.82, 2.24) is 4.98 Å². The Morgan fingerprint density at radius 1 is 1.06 bits per heavy atom. The molecule has 0 atom stereocenters. The summed E-state index contributed by atoms with van der Waals surface area (Å²) in [6.07, 6.45) is 0.556. The van der Waals surface area contributed by atoms with Crippen LogP contribution < -0.4 is 9.47 Å². The van der Waals surface area contributed by atoms with Crippen LogP contribution in [0.2, 0.25) is 0 Å². The van der Waals surface area contributed by atoms with Crippen LogP contribution in [-0.2, 0) is 6.42 Å². The molecule has 0 radical (unpaired) electrons. The van der Waals surface area contributed by atoms with E-state index in [1.54, 1.807) is 19.2 Å². The van der Waals surface area contributed by atoms with Crippen LogP contribution in [0.15, 0.2) is 42.5 Å². The van der Waals surface area contributed by atoms with Gasteiger partial charge < -0.3 is 14.6 Å². The Balaban J connectivity index is 2.22. The minimum atomic E-state index is 0.0892. The predicted molar refractivity (Wildman–Crippen MR) is 68.1 cm³/mol. The zero-order chi connectivity index (χ0) is 12.8. The number of aromatic nitrogens is 1.